The smallest absolute Gasteiger partial charge is 0.228 e. The van der Waals surface area contributed by atoms with Gasteiger partial charge in [0, 0.05) is 5.92 Å². The van der Waals surface area contributed by atoms with Crippen molar-refractivity contribution < 1.29 is 4.79 Å². The third-order valence-corrected chi connectivity index (χ3v) is 3.15. The molecule has 0 bridgehead atoms. The average Bonchev–Trinajstić information content (AvgIpc) is 2.52. The molecule has 0 aliphatic heterocycles. The van der Waals surface area contributed by atoms with Crippen LogP contribution >= 0.6 is 23.1 Å². The summed E-state index contributed by atoms with van der Waals surface area (Å²) in [6, 6.07) is 0. The SMILES string of the molecule is CSc1nnc(NC(=O)C(C)C)s1. The molecule has 0 saturated carbocycles. The van der Waals surface area contributed by atoms with Gasteiger partial charge in [0.2, 0.25) is 11.0 Å². The minimum absolute atomic E-state index is 0.0243. The first-order valence-corrected chi connectivity index (χ1v) is 5.86. The fourth-order valence-corrected chi connectivity index (χ4v) is 1.77. The maximum Gasteiger partial charge on any atom is 0.228 e. The van der Waals surface area contributed by atoms with Gasteiger partial charge in [-0.25, -0.2) is 0 Å². The average molecular weight is 217 g/mol. The molecule has 1 aromatic heterocycles. The highest BCUT2D eigenvalue weighted by Gasteiger charge is 2.10. The van der Waals surface area contributed by atoms with Crippen LogP contribution in [-0.2, 0) is 4.79 Å². The molecule has 72 valence electrons. The molecule has 0 saturated heterocycles. The van der Waals surface area contributed by atoms with Crippen LogP contribution in [0.1, 0.15) is 13.8 Å². The van der Waals surface area contributed by atoms with Gasteiger partial charge in [0.15, 0.2) is 4.34 Å². The number of hydrogen-bond acceptors (Lipinski definition) is 5. The van der Waals surface area contributed by atoms with Gasteiger partial charge >= 0.3 is 0 Å². The standard InChI is InChI=1S/C7H11N3OS2/c1-4(2)5(11)8-6-9-10-7(12-3)13-6/h4H,1-3H3,(H,8,9,11). The molecule has 0 aromatic carbocycles. The summed E-state index contributed by atoms with van der Waals surface area (Å²) in [5.74, 6) is -0.0505. The lowest BCUT2D eigenvalue weighted by atomic mass is 10.2. The third-order valence-electron chi connectivity index (χ3n) is 1.34. The van der Waals surface area contributed by atoms with Gasteiger partial charge in [-0.05, 0) is 6.26 Å². The molecule has 0 atom stereocenters. The summed E-state index contributed by atoms with van der Waals surface area (Å²) in [4.78, 5) is 11.2. The topological polar surface area (TPSA) is 54.9 Å². The van der Waals surface area contributed by atoms with E-state index >= 15 is 0 Å². The molecular formula is C7H11N3OS2. The number of thioether (sulfide) groups is 1. The predicted octanol–water partition coefficient (Wildman–Crippen LogP) is 1.85. The molecule has 0 fully saturated rings. The second kappa shape index (κ2) is 4.57. The van der Waals surface area contributed by atoms with Crippen LogP contribution in [0.2, 0.25) is 0 Å². The lowest BCUT2D eigenvalue weighted by Crippen LogP contribution is -2.17. The van der Waals surface area contributed by atoms with E-state index < -0.39 is 0 Å². The monoisotopic (exact) mass is 217 g/mol. The van der Waals surface area contributed by atoms with Gasteiger partial charge in [0.25, 0.3) is 0 Å². The maximum atomic E-state index is 11.2. The Morgan fingerprint density at radius 2 is 2.23 bits per heavy atom. The van der Waals surface area contributed by atoms with E-state index in [1.807, 2.05) is 20.1 Å². The zero-order valence-electron chi connectivity index (χ0n) is 7.70. The summed E-state index contributed by atoms with van der Waals surface area (Å²) in [6.45, 7) is 3.68. The van der Waals surface area contributed by atoms with Crippen molar-refractivity contribution in [2.75, 3.05) is 11.6 Å². The molecule has 1 N–H and O–H groups in total. The fraction of sp³-hybridized carbons (Fsp3) is 0.571. The molecule has 4 nitrogen and oxygen atoms in total. The van der Waals surface area contributed by atoms with Crippen molar-refractivity contribution >= 4 is 34.1 Å². The van der Waals surface area contributed by atoms with E-state index in [4.69, 9.17) is 0 Å². The van der Waals surface area contributed by atoms with Gasteiger partial charge in [-0.2, -0.15) is 0 Å². The minimum Gasteiger partial charge on any atom is -0.300 e. The molecular weight excluding hydrogens is 206 g/mol. The first kappa shape index (κ1) is 10.5. The Balaban J connectivity index is 2.59. The number of carbonyl (C=O) groups is 1. The van der Waals surface area contributed by atoms with Crippen molar-refractivity contribution in [3.63, 3.8) is 0 Å². The summed E-state index contributed by atoms with van der Waals surface area (Å²) in [5, 5.41) is 10.9. The number of carbonyl (C=O) groups excluding carboxylic acids is 1. The lowest BCUT2D eigenvalue weighted by Gasteiger charge is -2.02. The van der Waals surface area contributed by atoms with Gasteiger partial charge in [0.05, 0.1) is 0 Å². The molecule has 6 heteroatoms. The van der Waals surface area contributed by atoms with Gasteiger partial charge in [0.1, 0.15) is 0 Å². The maximum absolute atomic E-state index is 11.2. The van der Waals surface area contributed by atoms with Gasteiger partial charge in [-0.15, -0.1) is 10.2 Å². The van der Waals surface area contributed by atoms with Crippen molar-refractivity contribution in [3.05, 3.63) is 0 Å². The molecule has 0 aliphatic rings. The Hall–Kier alpha value is -0.620. The van der Waals surface area contributed by atoms with Crippen molar-refractivity contribution in [1.82, 2.24) is 10.2 Å². The fourth-order valence-electron chi connectivity index (χ4n) is 0.593. The molecule has 1 heterocycles. The molecule has 0 radical (unpaired) electrons. The van der Waals surface area contributed by atoms with E-state index in [1.54, 1.807) is 0 Å². The highest BCUT2D eigenvalue weighted by atomic mass is 32.2. The van der Waals surface area contributed by atoms with Crippen LogP contribution in [0.4, 0.5) is 5.13 Å². The van der Waals surface area contributed by atoms with Crippen LogP contribution in [0, 0.1) is 5.92 Å². The highest BCUT2D eigenvalue weighted by Crippen LogP contribution is 2.23. The number of rotatable bonds is 3. The molecule has 1 rings (SSSR count). The number of anilines is 1. The number of amides is 1. The van der Waals surface area contributed by atoms with E-state index in [2.05, 4.69) is 15.5 Å². The van der Waals surface area contributed by atoms with Crippen LogP contribution in [0.3, 0.4) is 0 Å². The first-order valence-electron chi connectivity index (χ1n) is 3.82. The van der Waals surface area contributed by atoms with Crippen LogP contribution in [0.15, 0.2) is 4.34 Å². The molecule has 0 spiro atoms. The first-order chi connectivity index (χ1) is 6.13. The molecule has 1 amide bonds. The number of nitrogens with one attached hydrogen (secondary N) is 1. The van der Waals surface area contributed by atoms with Crippen LogP contribution < -0.4 is 5.32 Å². The number of hydrogen-bond donors (Lipinski definition) is 1. The Morgan fingerprint density at radius 1 is 1.54 bits per heavy atom. The Kier molecular flexibility index (Phi) is 3.68. The van der Waals surface area contributed by atoms with Crippen molar-refractivity contribution in [2.24, 2.45) is 5.92 Å². The van der Waals surface area contributed by atoms with E-state index in [0.717, 1.165) is 4.34 Å². The summed E-state index contributed by atoms with van der Waals surface area (Å²) in [6.07, 6.45) is 1.93. The van der Waals surface area contributed by atoms with Crippen molar-refractivity contribution in [2.45, 2.75) is 18.2 Å². The zero-order chi connectivity index (χ0) is 9.84. The molecule has 1 aromatic rings. The van der Waals surface area contributed by atoms with E-state index in [0.29, 0.717) is 5.13 Å². The zero-order valence-corrected chi connectivity index (χ0v) is 9.33. The Bertz CT molecular complexity index is 298. The summed E-state index contributed by atoms with van der Waals surface area (Å²) in [7, 11) is 0. The van der Waals surface area contributed by atoms with E-state index in [9.17, 15) is 4.79 Å². The Labute approximate surface area is 85.1 Å². The molecule has 13 heavy (non-hydrogen) atoms. The van der Waals surface area contributed by atoms with Crippen molar-refractivity contribution in [1.29, 1.82) is 0 Å². The summed E-state index contributed by atoms with van der Waals surface area (Å²) in [5.41, 5.74) is 0. The second-order valence-electron chi connectivity index (χ2n) is 2.72. The van der Waals surface area contributed by atoms with Gasteiger partial charge in [-0.3, -0.25) is 4.79 Å². The minimum atomic E-state index is -0.0263. The van der Waals surface area contributed by atoms with Crippen LogP contribution in [0.25, 0.3) is 0 Å². The predicted molar refractivity (Wildman–Crippen MR) is 55.2 cm³/mol. The van der Waals surface area contributed by atoms with Gasteiger partial charge in [-0.1, -0.05) is 36.9 Å². The molecule has 0 aliphatic carbocycles. The summed E-state index contributed by atoms with van der Waals surface area (Å²) < 4.78 is 0.860. The van der Waals surface area contributed by atoms with E-state index in [1.165, 1.54) is 23.1 Å². The van der Waals surface area contributed by atoms with Crippen LogP contribution in [0.5, 0.6) is 0 Å². The Morgan fingerprint density at radius 3 is 2.69 bits per heavy atom. The second-order valence-corrected chi connectivity index (χ2v) is 4.75. The van der Waals surface area contributed by atoms with Crippen LogP contribution in [-0.4, -0.2) is 22.4 Å². The quantitative estimate of drug-likeness (QED) is 0.620. The summed E-state index contributed by atoms with van der Waals surface area (Å²) >= 11 is 2.91. The molecule has 0 unspecified atom stereocenters. The van der Waals surface area contributed by atoms with Crippen molar-refractivity contribution in [3.8, 4) is 0 Å². The largest absolute Gasteiger partial charge is 0.300 e. The van der Waals surface area contributed by atoms with E-state index in [-0.39, 0.29) is 11.8 Å². The lowest BCUT2D eigenvalue weighted by molar-refractivity contribution is -0.118. The number of nitrogens with zero attached hydrogens (tertiary/aromatic N) is 2. The van der Waals surface area contributed by atoms with Gasteiger partial charge < -0.3 is 5.32 Å². The number of aromatic nitrogens is 2. The highest BCUT2D eigenvalue weighted by molar-refractivity contribution is 8.00. The normalized spacial score (nSPS) is 10.5. The third kappa shape index (κ3) is 2.96.